The number of hydrogen-bond donors (Lipinski definition) is 0. The molecule has 0 bridgehead atoms. The summed E-state index contributed by atoms with van der Waals surface area (Å²) in [6.07, 6.45) is 2.42. The second kappa shape index (κ2) is 9.67. The fraction of sp³-hybridized carbons (Fsp3) is 0.611. The summed E-state index contributed by atoms with van der Waals surface area (Å²) in [5, 5.41) is 0.390. The maximum absolute atomic E-state index is 13.1. The van der Waals surface area contributed by atoms with Gasteiger partial charge < -0.3 is 4.90 Å². The van der Waals surface area contributed by atoms with Crippen LogP contribution in [0.2, 0.25) is 5.02 Å². The fourth-order valence-electron chi connectivity index (χ4n) is 2.97. The minimum Gasteiger partial charge on any atom is -0.339 e. The number of amides is 1. The van der Waals surface area contributed by atoms with E-state index in [1.54, 1.807) is 11.0 Å². The molecule has 0 unspecified atom stereocenters. The molecule has 1 aromatic carbocycles. The van der Waals surface area contributed by atoms with E-state index in [2.05, 4.69) is 4.90 Å². The Morgan fingerprint density at radius 2 is 1.88 bits per heavy atom. The molecule has 2 rings (SSSR count). The van der Waals surface area contributed by atoms with Gasteiger partial charge >= 0.3 is 0 Å². The lowest BCUT2D eigenvalue weighted by molar-refractivity contribution is -0.130. The van der Waals surface area contributed by atoms with Crippen LogP contribution in [0.25, 0.3) is 0 Å². The number of unbranched alkanes of at least 4 members (excludes halogenated alkanes) is 2. The van der Waals surface area contributed by atoms with Crippen molar-refractivity contribution in [1.29, 1.82) is 0 Å². The van der Waals surface area contributed by atoms with Gasteiger partial charge in [-0.1, -0.05) is 37.4 Å². The summed E-state index contributed by atoms with van der Waals surface area (Å²) in [5.41, 5.74) is 0.839. The van der Waals surface area contributed by atoms with E-state index in [-0.39, 0.29) is 17.5 Å². The molecule has 0 atom stereocenters. The molecular formula is C18H26ClFN2O3S. The van der Waals surface area contributed by atoms with Crippen molar-refractivity contribution < 1.29 is 17.6 Å². The highest BCUT2D eigenvalue weighted by Gasteiger charge is 2.25. The Balaban J connectivity index is 1.81. The van der Waals surface area contributed by atoms with Gasteiger partial charge in [0, 0.05) is 37.7 Å². The molecule has 146 valence electrons. The third kappa shape index (κ3) is 6.52. The molecule has 8 heteroatoms. The largest absolute Gasteiger partial charge is 0.339 e. The van der Waals surface area contributed by atoms with Gasteiger partial charge in [-0.2, -0.15) is 0 Å². The summed E-state index contributed by atoms with van der Waals surface area (Å²) < 4.78 is 37.2. The zero-order valence-electron chi connectivity index (χ0n) is 15.1. The highest BCUT2D eigenvalue weighted by molar-refractivity contribution is 7.92. The number of sulfone groups is 1. The van der Waals surface area contributed by atoms with E-state index >= 15 is 0 Å². The Bertz CT molecular complexity index is 719. The van der Waals surface area contributed by atoms with Gasteiger partial charge in [0.2, 0.25) is 5.91 Å². The van der Waals surface area contributed by atoms with Crippen LogP contribution in [-0.4, -0.2) is 61.8 Å². The average molecular weight is 405 g/mol. The van der Waals surface area contributed by atoms with E-state index in [0.29, 0.717) is 44.2 Å². The second-order valence-corrected chi connectivity index (χ2v) is 9.28. The molecule has 0 radical (unpaired) electrons. The molecule has 5 nitrogen and oxygen atoms in total. The van der Waals surface area contributed by atoms with Crippen LogP contribution >= 0.6 is 11.6 Å². The highest BCUT2D eigenvalue weighted by Crippen LogP contribution is 2.19. The minimum absolute atomic E-state index is 0.0790. The number of carbonyl (C=O) groups excluding carboxylic acids is 1. The van der Waals surface area contributed by atoms with Crippen LogP contribution in [0.15, 0.2) is 18.2 Å². The Morgan fingerprint density at radius 3 is 2.50 bits per heavy atom. The molecule has 1 saturated heterocycles. The lowest BCUT2D eigenvalue weighted by atomic mass is 10.2. The normalized spacial score (nSPS) is 16.0. The topological polar surface area (TPSA) is 57.7 Å². The summed E-state index contributed by atoms with van der Waals surface area (Å²) in [5.74, 6) is -1.01. The second-order valence-electron chi connectivity index (χ2n) is 6.69. The molecule has 1 aliphatic rings. The van der Waals surface area contributed by atoms with E-state index in [0.717, 1.165) is 18.4 Å². The quantitative estimate of drug-likeness (QED) is 0.625. The van der Waals surface area contributed by atoms with Crippen LogP contribution in [0.1, 0.15) is 31.7 Å². The van der Waals surface area contributed by atoms with Crippen molar-refractivity contribution in [1.82, 2.24) is 9.80 Å². The van der Waals surface area contributed by atoms with Gasteiger partial charge in [-0.05, 0) is 24.1 Å². The number of hydrogen-bond acceptors (Lipinski definition) is 4. The van der Waals surface area contributed by atoms with Crippen LogP contribution in [0.3, 0.4) is 0 Å². The third-order valence-electron chi connectivity index (χ3n) is 4.54. The number of benzene rings is 1. The molecule has 1 aromatic rings. The van der Waals surface area contributed by atoms with Crippen molar-refractivity contribution in [3.05, 3.63) is 34.6 Å². The highest BCUT2D eigenvalue weighted by atomic mass is 35.5. The number of piperazine rings is 1. The fourth-order valence-corrected chi connectivity index (χ4v) is 4.54. The summed E-state index contributed by atoms with van der Waals surface area (Å²) >= 11 is 6.05. The molecule has 0 N–H and O–H groups in total. The molecule has 0 spiro atoms. The van der Waals surface area contributed by atoms with E-state index in [1.165, 1.54) is 12.1 Å². The monoisotopic (exact) mass is 404 g/mol. The first-order valence-corrected chi connectivity index (χ1v) is 11.1. The van der Waals surface area contributed by atoms with Crippen LogP contribution in [-0.2, 0) is 21.2 Å². The lowest BCUT2D eigenvalue weighted by Crippen LogP contribution is -2.49. The van der Waals surface area contributed by atoms with Gasteiger partial charge in [0.25, 0.3) is 0 Å². The van der Waals surface area contributed by atoms with Gasteiger partial charge in [0.05, 0.1) is 5.75 Å². The van der Waals surface area contributed by atoms with Gasteiger partial charge in [-0.25, -0.2) is 12.8 Å². The first-order chi connectivity index (χ1) is 12.3. The smallest absolute Gasteiger partial charge is 0.237 e. The Morgan fingerprint density at radius 1 is 1.19 bits per heavy atom. The maximum Gasteiger partial charge on any atom is 0.237 e. The molecule has 26 heavy (non-hydrogen) atoms. The number of nitrogens with zero attached hydrogens (tertiary/aromatic N) is 2. The third-order valence-corrected chi connectivity index (χ3v) is 6.49. The first-order valence-electron chi connectivity index (χ1n) is 8.95. The van der Waals surface area contributed by atoms with Crippen molar-refractivity contribution >= 4 is 27.3 Å². The van der Waals surface area contributed by atoms with Gasteiger partial charge in [0.1, 0.15) is 11.6 Å². The zero-order chi connectivity index (χ0) is 19.2. The van der Waals surface area contributed by atoms with Crippen molar-refractivity contribution in [2.75, 3.05) is 37.7 Å². The molecule has 1 fully saturated rings. The van der Waals surface area contributed by atoms with Crippen molar-refractivity contribution in [3.63, 3.8) is 0 Å². The predicted octanol–water partition coefficient (Wildman–Crippen LogP) is 2.73. The Labute approximate surface area is 160 Å². The van der Waals surface area contributed by atoms with Crippen LogP contribution in [0, 0.1) is 5.82 Å². The van der Waals surface area contributed by atoms with Crippen LogP contribution in [0.5, 0.6) is 0 Å². The maximum atomic E-state index is 13.1. The number of rotatable bonds is 8. The summed E-state index contributed by atoms with van der Waals surface area (Å²) in [4.78, 5) is 16.0. The van der Waals surface area contributed by atoms with Crippen LogP contribution < -0.4 is 0 Å². The molecule has 0 aliphatic carbocycles. The average Bonchev–Trinajstić information content (AvgIpc) is 2.57. The van der Waals surface area contributed by atoms with Crippen LogP contribution in [0.4, 0.5) is 4.39 Å². The summed E-state index contributed by atoms with van der Waals surface area (Å²) in [6.45, 7) is 4.84. The van der Waals surface area contributed by atoms with Crippen molar-refractivity contribution in [3.8, 4) is 0 Å². The number of halogens is 2. The van der Waals surface area contributed by atoms with Gasteiger partial charge in [-0.15, -0.1) is 0 Å². The number of carbonyl (C=O) groups is 1. The van der Waals surface area contributed by atoms with E-state index in [9.17, 15) is 17.6 Å². The van der Waals surface area contributed by atoms with Crippen molar-refractivity contribution in [2.45, 2.75) is 32.7 Å². The Kier molecular flexibility index (Phi) is 7.85. The van der Waals surface area contributed by atoms with E-state index in [1.807, 2.05) is 6.92 Å². The zero-order valence-corrected chi connectivity index (χ0v) is 16.7. The Hall–Kier alpha value is -1.18. The molecule has 1 heterocycles. The minimum atomic E-state index is -3.33. The SMILES string of the molecule is CCCCCS(=O)(=O)CC(=O)N1CCN(Cc2ccc(F)cc2Cl)CC1. The molecular weight excluding hydrogens is 379 g/mol. The molecule has 0 saturated carbocycles. The molecule has 1 amide bonds. The summed E-state index contributed by atoms with van der Waals surface area (Å²) in [6, 6.07) is 4.34. The lowest BCUT2D eigenvalue weighted by Gasteiger charge is -2.34. The van der Waals surface area contributed by atoms with Gasteiger partial charge in [-0.3, -0.25) is 9.69 Å². The van der Waals surface area contributed by atoms with Crippen molar-refractivity contribution in [2.24, 2.45) is 0 Å². The standard InChI is InChI=1S/C18H26ClFN2O3S/c1-2-3-4-11-26(24,25)14-18(23)22-9-7-21(8-10-22)13-15-5-6-16(20)12-17(15)19/h5-6,12H,2-4,7-11,13-14H2,1H3. The predicted molar refractivity (Wildman–Crippen MR) is 101 cm³/mol. The van der Waals surface area contributed by atoms with E-state index < -0.39 is 15.6 Å². The van der Waals surface area contributed by atoms with E-state index in [4.69, 9.17) is 11.6 Å². The van der Waals surface area contributed by atoms with Gasteiger partial charge in [0.15, 0.2) is 9.84 Å². The molecule has 0 aromatic heterocycles. The molecule has 1 aliphatic heterocycles. The first kappa shape index (κ1) is 21.1. The summed E-state index contributed by atoms with van der Waals surface area (Å²) in [7, 11) is -3.33.